The van der Waals surface area contributed by atoms with Crippen LogP contribution in [0.15, 0.2) is 0 Å². The third-order valence-corrected chi connectivity index (χ3v) is 3.13. The SMILES string of the molecule is CCCCCCOC(=O)CC(=O)OC(C(C)C)C(C)C. The number of hydrogen-bond donors (Lipinski definition) is 0. The van der Waals surface area contributed by atoms with Gasteiger partial charge in [-0.3, -0.25) is 9.59 Å². The second-order valence-corrected chi connectivity index (χ2v) is 5.90. The number of carbonyl (C=O) groups excluding carboxylic acids is 2. The van der Waals surface area contributed by atoms with Gasteiger partial charge in [0.2, 0.25) is 0 Å². The second kappa shape index (κ2) is 10.7. The molecule has 0 radical (unpaired) electrons. The first-order valence-electron chi connectivity index (χ1n) is 7.73. The van der Waals surface area contributed by atoms with Crippen LogP contribution < -0.4 is 0 Å². The molecule has 4 heteroatoms. The number of unbranched alkanes of at least 4 members (excludes halogenated alkanes) is 3. The summed E-state index contributed by atoms with van der Waals surface area (Å²) in [5.41, 5.74) is 0. The van der Waals surface area contributed by atoms with Crippen molar-refractivity contribution < 1.29 is 19.1 Å². The van der Waals surface area contributed by atoms with Gasteiger partial charge in [0.1, 0.15) is 12.5 Å². The van der Waals surface area contributed by atoms with Crippen LogP contribution in [-0.4, -0.2) is 24.6 Å². The molecule has 0 aliphatic heterocycles. The van der Waals surface area contributed by atoms with Crippen LogP contribution in [0.4, 0.5) is 0 Å². The third kappa shape index (κ3) is 8.94. The van der Waals surface area contributed by atoms with E-state index in [-0.39, 0.29) is 24.4 Å². The highest BCUT2D eigenvalue weighted by molar-refractivity contribution is 5.91. The maximum absolute atomic E-state index is 11.7. The molecular formula is C16H30O4. The number of hydrogen-bond acceptors (Lipinski definition) is 4. The molecule has 0 aromatic heterocycles. The van der Waals surface area contributed by atoms with E-state index in [4.69, 9.17) is 9.47 Å². The van der Waals surface area contributed by atoms with Crippen molar-refractivity contribution >= 4 is 11.9 Å². The normalized spacial score (nSPS) is 11.2. The van der Waals surface area contributed by atoms with E-state index in [1.54, 1.807) is 0 Å². The van der Waals surface area contributed by atoms with E-state index >= 15 is 0 Å². The number of esters is 2. The van der Waals surface area contributed by atoms with Crippen LogP contribution >= 0.6 is 0 Å². The average molecular weight is 286 g/mol. The highest BCUT2D eigenvalue weighted by atomic mass is 16.6. The fourth-order valence-electron chi connectivity index (χ4n) is 2.12. The van der Waals surface area contributed by atoms with Crippen molar-refractivity contribution in [3.8, 4) is 0 Å². The van der Waals surface area contributed by atoms with E-state index < -0.39 is 11.9 Å². The Morgan fingerprint density at radius 1 is 0.900 bits per heavy atom. The minimum absolute atomic E-state index is 0.153. The van der Waals surface area contributed by atoms with Crippen LogP contribution in [0.25, 0.3) is 0 Å². The molecule has 118 valence electrons. The molecule has 0 heterocycles. The standard InChI is InChI=1S/C16H30O4/c1-6-7-8-9-10-19-14(17)11-15(18)20-16(12(2)3)13(4)5/h12-13,16H,6-11H2,1-5H3. The minimum Gasteiger partial charge on any atom is -0.465 e. The van der Waals surface area contributed by atoms with Gasteiger partial charge >= 0.3 is 11.9 Å². The van der Waals surface area contributed by atoms with Crippen LogP contribution in [0.2, 0.25) is 0 Å². The first kappa shape index (κ1) is 18.9. The first-order valence-corrected chi connectivity index (χ1v) is 7.73. The fourth-order valence-corrected chi connectivity index (χ4v) is 2.12. The highest BCUT2D eigenvalue weighted by Crippen LogP contribution is 2.16. The first-order chi connectivity index (χ1) is 9.38. The Balaban J connectivity index is 3.92. The molecule has 0 unspecified atom stereocenters. The molecule has 0 rings (SSSR count). The summed E-state index contributed by atoms with van der Waals surface area (Å²) in [5, 5.41) is 0. The second-order valence-electron chi connectivity index (χ2n) is 5.90. The van der Waals surface area contributed by atoms with Crippen molar-refractivity contribution in [2.24, 2.45) is 11.8 Å². The highest BCUT2D eigenvalue weighted by Gasteiger charge is 2.23. The Morgan fingerprint density at radius 3 is 2.00 bits per heavy atom. The van der Waals surface area contributed by atoms with Gasteiger partial charge in [-0.05, 0) is 18.3 Å². The van der Waals surface area contributed by atoms with Crippen LogP contribution in [0.5, 0.6) is 0 Å². The minimum atomic E-state index is -0.490. The quantitative estimate of drug-likeness (QED) is 0.349. The molecule has 0 aliphatic rings. The molecule has 0 bridgehead atoms. The Kier molecular flexibility index (Phi) is 10.1. The average Bonchev–Trinajstić information content (AvgIpc) is 2.34. The van der Waals surface area contributed by atoms with Gasteiger partial charge in [0, 0.05) is 0 Å². The molecule has 0 aromatic carbocycles. The lowest BCUT2D eigenvalue weighted by Gasteiger charge is -2.24. The van der Waals surface area contributed by atoms with Gasteiger partial charge in [0.15, 0.2) is 0 Å². The molecule has 0 saturated heterocycles. The zero-order valence-corrected chi connectivity index (χ0v) is 13.6. The van der Waals surface area contributed by atoms with Crippen molar-refractivity contribution in [2.45, 2.75) is 72.8 Å². The molecule has 0 aromatic rings. The van der Waals surface area contributed by atoms with Gasteiger partial charge in [-0.1, -0.05) is 53.9 Å². The number of carbonyl (C=O) groups is 2. The van der Waals surface area contributed by atoms with E-state index in [9.17, 15) is 9.59 Å². The molecule has 0 N–H and O–H groups in total. The lowest BCUT2D eigenvalue weighted by Crippen LogP contribution is -2.29. The molecule has 20 heavy (non-hydrogen) atoms. The summed E-state index contributed by atoms with van der Waals surface area (Å²) >= 11 is 0. The molecule has 0 spiro atoms. The summed E-state index contributed by atoms with van der Waals surface area (Å²) < 4.78 is 10.4. The predicted molar refractivity (Wildman–Crippen MR) is 79.3 cm³/mol. The number of ether oxygens (including phenoxy) is 2. The van der Waals surface area contributed by atoms with Crippen LogP contribution in [-0.2, 0) is 19.1 Å². The molecule has 4 nitrogen and oxygen atoms in total. The summed E-state index contributed by atoms with van der Waals surface area (Å²) in [6.07, 6.45) is 3.76. The molecule has 0 aliphatic carbocycles. The predicted octanol–water partition coefficient (Wildman–Crippen LogP) is 3.72. The fraction of sp³-hybridized carbons (Fsp3) is 0.875. The third-order valence-electron chi connectivity index (χ3n) is 3.13. The lowest BCUT2D eigenvalue weighted by atomic mass is 9.96. The number of rotatable bonds is 10. The zero-order chi connectivity index (χ0) is 15.5. The van der Waals surface area contributed by atoms with Crippen molar-refractivity contribution in [3.63, 3.8) is 0 Å². The van der Waals surface area contributed by atoms with E-state index in [2.05, 4.69) is 6.92 Å². The largest absolute Gasteiger partial charge is 0.465 e. The summed E-state index contributed by atoms with van der Waals surface area (Å²) in [6.45, 7) is 10.5. The van der Waals surface area contributed by atoms with Crippen LogP contribution in [0.1, 0.15) is 66.7 Å². The van der Waals surface area contributed by atoms with Gasteiger partial charge in [0.05, 0.1) is 6.61 Å². The summed E-state index contributed by atoms with van der Waals surface area (Å²) in [6, 6.07) is 0. The van der Waals surface area contributed by atoms with Gasteiger partial charge in [-0.25, -0.2) is 0 Å². The summed E-state index contributed by atoms with van der Waals surface area (Å²) in [5.74, 6) is -0.498. The van der Waals surface area contributed by atoms with Crippen LogP contribution in [0, 0.1) is 11.8 Å². The Morgan fingerprint density at radius 2 is 1.50 bits per heavy atom. The molecule has 0 amide bonds. The topological polar surface area (TPSA) is 52.6 Å². The molecule has 0 saturated carbocycles. The lowest BCUT2D eigenvalue weighted by molar-refractivity contribution is -0.161. The molecule has 0 atom stereocenters. The summed E-state index contributed by atoms with van der Waals surface area (Å²) in [4.78, 5) is 23.2. The van der Waals surface area contributed by atoms with Gasteiger partial charge in [-0.2, -0.15) is 0 Å². The van der Waals surface area contributed by atoms with E-state index in [0.717, 1.165) is 25.7 Å². The Bertz CT molecular complexity index is 276. The molecule has 0 fully saturated rings. The van der Waals surface area contributed by atoms with E-state index in [1.165, 1.54) is 0 Å². The Labute approximate surface area is 123 Å². The van der Waals surface area contributed by atoms with Crippen molar-refractivity contribution in [3.05, 3.63) is 0 Å². The smallest absolute Gasteiger partial charge is 0.317 e. The van der Waals surface area contributed by atoms with Crippen molar-refractivity contribution in [1.82, 2.24) is 0 Å². The summed E-state index contributed by atoms with van der Waals surface area (Å²) in [7, 11) is 0. The van der Waals surface area contributed by atoms with Gasteiger partial charge in [0.25, 0.3) is 0 Å². The Hall–Kier alpha value is -1.06. The van der Waals surface area contributed by atoms with Gasteiger partial charge < -0.3 is 9.47 Å². The van der Waals surface area contributed by atoms with Crippen molar-refractivity contribution in [2.75, 3.05) is 6.61 Å². The van der Waals surface area contributed by atoms with Gasteiger partial charge in [-0.15, -0.1) is 0 Å². The van der Waals surface area contributed by atoms with E-state index in [1.807, 2.05) is 27.7 Å². The van der Waals surface area contributed by atoms with E-state index in [0.29, 0.717) is 6.61 Å². The maximum Gasteiger partial charge on any atom is 0.317 e. The monoisotopic (exact) mass is 286 g/mol. The molecular weight excluding hydrogens is 256 g/mol. The maximum atomic E-state index is 11.7. The zero-order valence-electron chi connectivity index (χ0n) is 13.6. The van der Waals surface area contributed by atoms with Crippen molar-refractivity contribution in [1.29, 1.82) is 0 Å². The van der Waals surface area contributed by atoms with Crippen LogP contribution in [0.3, 0.4) is 0 Å².